The molecule has 25 heavy (non-hydrogen) atoms. The Hall–Kier alpha value is -3.02. The van der Waals surface area contributed by atoms with Crippen molar-refractivity contribution >= 4 is 17.4 Å². The molecular formula is C19H18N2O4. The molecule has 2 aliphatic rings. The zero-order chi connectivity index (χ0) is 17.2. The predicted molar refractivity (Wildman–Crippen MR) is 93.4 cm³/mol. The molecule has 6 heteroatoms. The lowest BCUT2D eigenvalue weighted by Crippen LogP contribution is -2.29. The van der Waals surface area contributed by atoms with Gasteiger partial charge in [0.15, 0.2) is 17.2 Å². The summed E-state index contributed by atoms with van der Waals surface area (Å²) in [6, 6.07) is 11.1. The molecule has 0 radical (unpaired) electrons. The summed E-state index contributed by atoms with van der Waals surface area (Å²) in [5.74, 6) is 1.27. The maximum absolute atomic E-state index is 11.1. The van der Waals surface area contributed by atoms with Crippen molar-refractivity contribution in [3.05, 3.63) is 53.7 Å². The Kier molecular flexibility index (Phi) is 4.01. The second-order valence-corrected chi connectivity index (χ2v) is 5.97. The molecule has 0 amide bonds. The van der Waals surface area contributed by atoms with Crippen molar-refractivity contribution in [2.75, 3.05) is 31.2 Å². The van der Waals surface area contributed by atoms with Crippen LogP contribution in [0.15, 0.2) is 42.5 Å². The maximum Gasteiger partial charge on any atom is 0.354 e. The van der Waals surface area contributed by atoms with Crippen molar-refractivity contribution in [1.29, 1.82) is 0 Å². The number of aromatic nitrogens is 1. The predicted octanol–water partition coefficient (Wildman–Crippen LogP) is 2.84. The molecule has 4 rings (SSSR count). The van der Waals surface area contributed by atoms with Gasteiger partial charge in [-0.05, 0) is 41.8 Å². The molecule has 1 N–H and O–H groups in total. The highest BCUT2D eigenvalue weighted by atomic mass is 16.6. The molecule has 0 saturated heterocycles. The van der Waals surface area contributed by atoms with Crippen molar-refractivity contribution in [1.82, 2.24) is 4.98 Å². The van der Waals surface area contributed by atoms with Crippen molar-refractivity contribution < 1.29 is 19.4 Å². The largest absolute Gasteiger partial charge is 0.486 e. The summed E-state index contributed by atoms with van der Waals surface area (Å²) in [7, 11) is 0. The number of benzene rings is 1. The van der Waals surface area contributed by atoms with Gasteiger partial charge in [0, 0.05) is 13.1 Å². The summed E-state index contributed by atoms with van der Waals surface area (Å²) < 4.78 is 11.2. The number of ether oxygens (including phenoxy) is 2. The summed E-state index contributed by atoms with van der Waals surface area (Å²) in [5.41, 5.74) is 2.46. The molecule has 0 saturated carbocycles. The van der Waals surface area contributed by atoms with Crippen LogP contribution in [0.25, 0.3) is 5.57 Å². The smallest absolute Gasteiger partial charge is 0.354 e. The Labute approximate surface area is 145 Å². The Morgan fingerprint density at radius 2 is 1.96 bits per heavy atom. The van der Waals surface area contributed by atoms with Gasteiger partial charge in [-0.25, -0.2) is 9.78 Å². The number of nitrogens with zero attached hydrogens (tertiary/aromatic N) is 2. The molecule has 3 heterocycles. The number of carboxylic acid groups (broad SMARTS) is 1. The third-order valence-electron chi connectivity index (χ3n) is 4.40. The molecule has 2 aliphatic heterocycles. The lowest BCUT2D eigenvalue weighted by molar-refractivity contribution is 0.0690. The van der Waals surface area contributed by atoms with Gasteiger partial charge in [-0.3, -0.25) is 0 Å². The zero-order valence-electron chi connectivity index (χ0n) is 13.6. The minimum absolute atomic E-state index is 0.0686. The first-order valence-electron chi connectivity index (χ1n) is 8.25. The van der Waals surface area contributed by atoms with Crippen LogP contribution in [0.2, 0.25) is 0 Å². The molecule has 0 aliphatic carbocycles. The fourth-order valence-corrected chi connectivity index (χ4v) is 3.10. The van der Waals surface area contributed by atoms with E-state index in [1.165, 1.54) is 11.6 Å². The van der Waals surface area contributed by atoms with Gasteiger partial charge in [0.1, 0.15) is 19.0 Å². The summed E-state index contributed by atoms with van der Waals surface area (Å²) in [4.78, 5) is 17.4. The van der Waals surface area contributed by atoms with Crippen LogP contribution < -0.4 is 14.4 Å². The van der Waals surface area contributed by atoms with Gasteiger partial charge in [0.2, 0.25) is 0 Å². The Morgan fingerprint density at radius 3 is 2.72 bits per heavy atom. The highest BCUT2D eigenvalue weighted by molar-refractivity contribution is 5.85. The number of rotatable bonds is 3. The van der Waals surface area contributed by atoms with Gasteiger partial charge in [-0.2, -0.15) is 0 Å². The third-order valence-corrected chi connectivity index (χ3v) is 4.40. The molecule has 0 unspecified atom stereocenters. The minimum atomic E-state index is -1.01. The minimum Gasteiger partial charge on any atom is -0.486 e. The number of carboxylic acids is 1. The van der Waals surface area contributed by atoms with Crippen molar-refractivity contribution in [2.24, 2.45) is 0 Å². The Balaban J connectivity index is 1.52. The Bertz CT molecular complexity index is 847. The molecule has 0 spiro atoms. The summed E-state index contributed by atoms with van der Waals surface area (Å²) >= 11 is 0. The van der Waals surface area contributed by atoms with Crippen LogP contribution in [-0.4, -0.2) is 42.4 Å². The number of fused-ring (bicyclic) bond motifs is 1. The average molecular weight is 338 g/mol. The summed E-state index contributed by atoms with van der Waals surface area (Å²) in [6.07, 6.45) is 3.02. The van der Waals surface area contributed by atoms with Gasteiger partial charge in [-0.15, -0.1) is 0 Å². The van der Waals surface area contributed by atoms with E-state index in [2.05, 4.69) is 22.0 Å². The molecule has 0 bridgehead atoms. The first-order valence-corrected chi connectivity index (χ1v) is 8.25. The number of pyridine rings is 1. The van der Waals surface area contributed by atoms with E-state index in [0.29, 0.717) is 25.6 Å². The molecule has 2 aromatic rings. The first kappa shape index (κ1) is 15.5. The molecule has 1 aromatic heterocycles. The van der Waals surface area contributed by atoms with Crippen LogP contribution >= 0.6 is 0 Å². The first-order chi connectivity index (χ1) is 12.2. The fourth-order valence-electron chi connectivity index (χ4n) is 3.10. The van der Waals surface area contributed by atoms with E-state index in [9.17, 15) is 4.79 Å². The quantitative estimate of drug-likeness (QED) is 0.928. The molecule has 1 aromatic carbocycles. The Morgan fingerprint density at radius 1 is 1.12 bits per heavy atom. The summed E-state index contributed by atoms with van der Waals surface area (Å²) in [5, 5.41) is 9.08. The standard InChI is InChI=1S/C19H18N2O4/c22-19(23)15-2-1-3-18(20-15)21-8-6-13(7-9-21)14-4-5-16-17(12-14)25-11-10-24-16/h1-6,12H,7-11H2,(H,22,23). The number of carbonyl (C=O) groups is 1. The van der Waals surface area contributed by atoms with E-state index in [0.717, 1.165) is 30.0 Å². The van der Waals surface area contributed by atoms with Crippen LogP contribution in [0.3, 0.4) is 0 Å². The van der Waals surface area contributed by atoms with Gasteiger partial charge in [-0.1, -0.05) is 18.2 Å². The highest BCUT2D eigenvalue weighted by Crippen LogP contribution is 2.34. The van der Waals surface area contributed by atoms with E-state index < -0.39 is 5.97 Å². The number of hydrogen-bond donors (Lipinski definition) is 1. The van der Waals surface area contributed by atoms with E-state index in [4.69, 9.17) is 14.6 Å². The third kappa shape index (κ3) is 3.15. The lowest BCUT2D eigenvalue weighted by atomic mass is 9.99. The molecule has 0 fully saturated rings. The van der Waals surface area contributed by atoms with Crippen LogP contribution in [0.1, 0.15) is 22.5 Å². The monoisotopic (exact) mass is 338 g/mol. The average Bonchev–Trinajstić information content (AvgIpc) is 2.68. The van der Waals surface area contributed by atoms with E-state index in [1.54, 1.807) is 6.07 Å². The van der Waals surface area contributed by atoms with Gasteiger partial charge in [0.25, 0.3) is 0 Å². The van der Waals surface area contributed by atoms with Crippen molar-refractivity contribution in [2.45, 2.75) is 6.42 Å². The maximum atomic E-state index is 11.1. The van der Waals surface area contributed by atoms with E-state index >= 15 is 0 Å². The second kappa shape index (κ2) is 6.47. The normalized spacial score (nSPS) is 16.3. The van der Waals surface area contributed by atoms with Gasteiger partial charge in [0.05, 0.1) is 0 Å². The molecule has 128 valence electrons. The van der Waals surface area contributed by atoms with Crippen molar-refractivity contribution in [3.63, 3.8) is 0 Å². The highest BCUT2D eigenvalue weighted by Gasteiger charge is 2.18. The van der Waals surface area contributed by atoms with Crippen LogP contribution in [0, 0.1) is 0 Å². The lowest BCUT2D eigenvalue weighted by Gasteiger charge is -2.28. The topological polar surface area (TPSA) is 71.9 Å². The number of hydrogen-bond acceptors (Lipinski definition) is 5. The number of aromatic carboxylic acids is 1. The van der Waals surface area contributed by atoms with E-state index in [1.807, 2.05) is 18.2 Å². The van der Waals surface area contributed by atoms with Crippen LogP contribution in [0.4, 0.5) is 5.82 Å². The number of anilines is 1. The second-order valence-electron chi connectivity index (χ2n) is 5.97. The van der Waals surface area contributed by atoms with Crippen molar-refractivity contribution in [3.8, 4) is 11.5 Å². The van der Waals surface area contributed by atoms with E-state index in [-0.39, 0.29) is 5.69 Å². The van der Waals surface area contributed by atoms with Crippen LogP contribution in [0.5, 0.6) is 11.5 Å². The van der Waals surface area contributed by atoms with Gasteiger partial charge < -0.3 is 19.5 Å². The molecular weight excluding hydrogens is 320 g/mol. The van der Waals surface area contributed by atoms with Crippen LogP contribution in [-0.2, 0) is 0 Å². The SMILES string of the molecule is O=C(O)c1cccc(N2CC=C(c3ccc4c(c3)OCCO4)CC2)n1. The van der Waals surface area contributed by atoms with Gasteiger partial charge >= 0.3 is 5.97 Å². The fraction of sp³-hybridized carbons (Fsp3) is 0.263. The molecule has 0 atom stereocenters. The summed E-state index contributed by atoms with van der Waals surface area (Å²) in [6.45, 7) is 2.65. The molecule has 6 nitrogen and oxygen atoms in total. The zero-order valence-corrected chi connectivity index (χ0v) is 13.6.